The van der Waals surface area contributed by atoms with Crippen molar-refractivity contribution in [1.82, 2.24) is 10.2 Å². The maximum Gasteiger partial charge on any atom is 0.318 e. The lowest BCUT2D eigenvalue weighted by Crippen LogP contribution is -2.56. The molecule has 0 spiro atoms. The number of ether oxygens (including phenoxy) is 2. The molecular formula is C44H56N2O6. The van der Waals surface area contributed by atoms with Gasteiger partial charge in [-0.1, -0.05) is 61.0 Å². The Hall–Kier alpha value is -3.98. The van der Waals surface area contributed by atoms with E-state index in [0.717, 1.165) is 42.4 Å². The van der Waals surface area contributed by atoms with Crippen LogP contribution in [0.1, 0.15) is 117 Å². The van der Waals surface area contributed by atoms with Crippen molar-refractivity contribution in [2.45, 2.75) is 108 Å². The molecule has 1 saturated carbocycles. The van der Waals surface area contributed by atoms with Crippen LogP contribution < -0.4 is 10.1 Å². The number of aliphatic hydroxyl groups is 2. The number of nitrogens with one attached hydrogen (secondary N) is 1. The van der Waals surface area contributed by atoms with Gasteiger partial charge in [-0.25, -0.2) is 4.79 Å². The van der Waals surface area contributed by atoms with E-state index in [4.69, 9.17) is 9.47 Å². The van der Waals surface area contributed by atoms with Gasteiger partial charge in [-0.3, -0.25) is 4.79 Å². The first-order chi connectivity index (χ1) is 25.0. The first-order valence-corrected chi connectivity index (χ1v) is 19.1. The summed E-state index contributed by atoms with van der Waals surface area (Å²) in [6.45, 7) is 7.48. The molecule has 1 heterocycles. The third-order valence-electron chi connectivity index (χ3n) is 12.1. The Labute approximate surface area is 309 Å². The van der Waals surface area contributed by atoms with Crippen molar-refractivity contribution >= 4 is 11.8 Å². The van der Waals surface area contributed by atoms with Crippen molar-refractivity contribution < 1.29 is 29.3 Å². The summed E-state index contributed by atoms with van der Waals surface area (Å²) in [7, 11) is 1.60. The molecule has 278 valence electrons. The molecule has 8 heteroatoms. The Balaban J connectivity index is 1.38. The highest BCUT2D eigenvalue weighted by atomic mass is 16.5. The fourth-order valence-electron chi connectivity index (χ4n) is 8.77. The second kappa shape index (κ2) is 16.4. The van der Waals surface area contributed by atoms with Crippen molar-refractivity contribution in [2.75, 3.05) is 26.8 Å². The Morgan fingerprint density at radius 1 is 1.04 bits per heavy atom. The normalized spacial score (nSPS) is 26.9. The number of carbonyl (C=O) groups is 2. The first kappa shape index (κ1) is 37.8. The molecule has 0 radical (unpaired) electrons. The van der Waals surface area contributed by atoms with E-state index in [9.17, 15) is 19.8 Å². The van der Waals surface area contributed by atoms with E-state index in [2.05, 4.69) is 31.3 Å². The molecule has 1 aliphatic heterocycles. The first-order valence-electron chi connectivity index (χ1n) is 19.1. The number of aliphatic hydroxyl groups excluding tert-OH is 1. The van der Waals surface area contributed by atoms with Crippen molar-refractivity contribution in [3.63, 3.8) is 0 Å². The van der Waals surface area contributed by atoms with Crippen molar-refractivity contribution in [3.05, 3.63) is 112 Å². The highest BCUT2D eigenvalue weighted by molar-refractivity contribution is 6.10. The molecule has 3 aromatic rings. The van der Waals surface area contributed by atoms with Crippen LogP contribution >= 0.6 is 0 Å². The number of carbonyl (C=O) groups excluding carboxylic acids is 2. The van der Waals surface area contributed by atoms with Gasteiger partial charge >= 0.3 is 6.03 Å². The summed E-state index contributed by atoms with van der Waals surface area (Å²) in [4.78, 5) is 30.3. The van der Waals surface area contributed by atoms with Gasteiger partial charge in [0.2, 0.25) is 0 Å². The molecule has 8 nitrogen and oxygen atoms in total. The zero-order valence-electron chi connectivity index (χ0n) is 31.3. The van der Waals surface area contributed by atoms with Gasteiger partial charge in [-0.05, 0) is 125 Å². The number of hydrogen-bond acceptors (Lipinski definition) is 6. The Kier molecular flexibility index (Phi) is 11.9. The molecule has 52 heavy (non-hydrogen) atoms. The highest BCUT2D eigenvalue weighted by Crippen LogP contribution is 2.59. The third-order valence-corrected chi connectivity index (χ3v) is 12.1. The fourth-order valence-corrected chi connectivity index (χ4v) is 8.77. The second-order valence-electron chi connectivity index (χ2n) is 15.6. The molecular weight excluding hydrogens is 652 g/mol. The zero-order valence-corrected chi connectivity index (χ0v) is 31.3. The van der Waals surface area contributed by atoms with Crippen molar-refractivity contribution in [2.24, 2.45) is 5.41 Å². The quantitative estimate of drug-likeness (QED) is 0.154. The van der Waals surface area contributed by atoms with Crippen LogP contribution in [0, 0.1) is 5.41 Å². The summed E-state index contributed by atoms with van der Waals surface area (Å²) in [5.41, 5.74) is 3.29. The number of allylic oxidation sites excluding steroid dienone is 2. The summed E-state index contributed by atoms with van der Waals surface area (Å²) in [5.74, 6) is 0.430. The SMILES string of the molecule is COc1ccc(C(=O)c2cc3ccc2C2CCC(O)(CN(CC4CCCO4)C(=O)NC(C)c4ccccc4)C2(C)CCC=C(C)CCC(O)C3)cc1. The molecule has 6 unspecified atom stereocenters. The molecule has 6 atom stereocenters. The van der Waals surface area contributed by atoms with Crippen LogP contribution in [-0.4, -0.2) is 71.5 Å². The predicted octanol–water partition coefficient (Wildman–Crippen LogP) is 7.92. The molecule has 2 bridgehead atoms. The minimum atomic E-state index is -1.24. The maximum atomic E-state index is 14.4. The van der Waals surface area contributed by atoms with Gasteiger partial charge in [0.15, 0.2) is 5.78 Å². The van der Waals surface area contributed by atoms with Gasteiger partial charge in [-0.15, -0.1) is 0 Å². The fraction of sp³-hybridized carbons (Fsp3) is 0.500. The van der Waals surface area contributed by atoms with E-state index in [1.54, 1.807) is 36.3 Å². The van der Waals surface area contributed by atoms with Crippen LogP contribution in [0.5, 0.6) is 5.75 Å². The van der Waals surface area contributed by atoms with E-state index in [0.29, 0.717) is 62.1 Å². The lowest BCUT2D eigenvalue weighted by molar-refractivity contribution is -0.0808. The van der Waals surface area contributed by atoms with Crippen LogP contribution in [0.4, 0.5) is 4.79 Å². The van der Waals surface area contributed by atoms with E-state index >= 15 is 0 Å². The monoisotopic (exact) mass is 708 g/mol. The number of rotatable bonds is 9. The number of ketones is 1. The van der Waals surface area contributed by atoms with E-state index < -0.39 is 17.1 Å². The van der Waals surface area contributed by atoms with Crippen LogP contribution in [-0.2, 0) is 11.2 Å². The Morgan fingerprint density at radius 3 is 2.52 bits per heavy atom. The molecule has 1 saturated heterocycles. The number of urea groups is 1. The molecule has 0 aromatic heterocycles. The van der Waals surface area contributed by atoms with Gasteiger partial charge in [-0.2, -0.15) is 0 Å². The summed E-state index contributed by atoms with van der Waals surface area (Å²) in [5, 5.41) is 27.2. The van der Waals surface area contributed by atoms with Crippen LogP contribution in [0.15, 0.2) is 84.4 Å². The summed E-state index contributed by atoms with van der Waals surface area (Å²) in [6.07, 6.45) is 7.87. The average Bonchev–Trinajstić information content (AvgIpc) is 3.75. The summed E-state index contributed by atoms with van der Waals surface area (Å²) in [6, 6.07) is 22.7. The number of benzene rings is 3. The minimum Gasteiger partial charge on any atom is -0.497 e. The number of nitrogens with zero attached hydrogens (tertiary/aromatic N) is 1. The molecule has 2 amide bonds. The molecule has 3 N–H and O–H groups in total. The Morgan fingerprint density at radius 2 is 1.81 bits per heavy atom. The lowest BCUT2D eigenvalue weighted by Gasteiger charge is -2.46. The van der Waals surface area contributed by atoms with Crippen molar-refractivity contribution in [3.8, 4) is 5.75 Å². The standard InChI is InChI=1S/C44H56N2O6/c1-30-10-8-23-43(3)40(38-21-15-32(26-35(47)18-14-30)27-39(38)41(48)34-16-19-36(51-4)20-17-34)22-24-44(43,50)29-46(28-37-13-9-25-52-37)42(49)45-31(2)33-11-6-5-7-12-33/h5-7,10-12,15-17,19-21,27,31,35,37,40,47,50H,8-9,13-14,18,22-26,28-29H2,1-4H3,(H,45,49). The van der Waals surface area contributed by atoms with Crippen LogP contribution in [0.3, 0.4) is 0 Å². The molecule has 7 rings (SSSR count). The maximum absolute atomic E-state index is 14.4. The minimum absolute atomic E-state index is 0.0856. The number of hydrogen-bond donors (Lipinski definition) is 3. The molecule has 3 aromatic carbocycles. The number of methoxy groups -OCH3 is 1. The smallest absolute Gasteiger partial charge is 0.318 e. The second-order valence-corrected chi connectivity index (χ2v) is 15.6. The summed E-state index contributed by atoms with van der Waals surface area (Å²) >= 11 is 0. The largest absolute Gasteiger partial charge is 0.497 e. The molecule has 3 aliphatic carbocycles. The van der Waals surface area contributed by atoms with Gasteiger partial charge in [0.25, 0.3) is 0 Å². The van der Waals surface area contributed by atoms with E-state index in [1.807, 2.05) is 49.4 Å². The van der Waals surface area contributed by atoms with Crippen LogP contribution in [0.2, 0.25) is 0 Å². The van der Waals surface area contributed by atoms with Gasteiger partial charge in [0, 0.05) is 29.7 Å². The summed E-state index contributed by atoms with van der Waals surface area (Å²) < 4.78 is 11.4. The topological polar surface area (TPSA) is 108 Å². The average molecular weight is 709 g/mol. The number of amides is 2. The van der Waals surface area contributed by atoms with E-state index in [-0.39, 0.29) is 36.4 Å². The van der Waals surface area contributed by atoms with Gasteiger partial charge < -0.3 is 29.9 Å². The van der Waals surface area contributed by atoms with Gasteiger partial charge in [0.05, 0.1) is 37.5 Å². The van der Waals surface area contributed by atoms with Crippen LogP contribution in [0.25, 0.3) is 0 Å². The van der Waals surface area contributed by atoms with Gasteiger partial charge in [0.1, 0.15) is 5.75 Å². The zero-order chi connectivity index (χ0) is 36.9. The lowest BCUT2D eigenvalue weighted by atomic mass is 9.64. The van der Waals surface area contributed by atoms with E-state index in [1.165, 1.54) is 5.57 Å². The third kappa shape index (κ3) is 8.30. The highest BCUT2D eigenvalue weighted by Gasteiger charge is 2.58. The predicted molar refractivity (Wildman–Crippen MR) is 204 cm³/mol. The molecule has 2 fully saturated rings. The Bertz CT molecular complexity index is 1720. The molecule has 4 aliphatic rings. The van der Waals surface area contributed by atoms with Crippen molar-refractivity contribution in [1.29, 1.82) is 0 Å². The number of fused-ring (bicyclic) bond motifs is 8.